The molecule has 0 saturated heterocycles. The number of rotatable bonds is 7. The highest BCUT2D eigenvalue weighted by Crippen LogP contribution is 2.60. The van der Waals surface area contributed by atoms with E-state index in [0.717, 1.165) is 24.8 Å². The van der Waals surface area contributed by atoms with Crippen molar-refractivity contribution >= 4 is 5.91 Å². The van der Waals surface area contributed by atoms with E-state index in [2.05, 4.69) is 37.9 Å². The van der Waals surface area contributed by atoms with Crippen LogP contribution in [0.1, 0.15) is 106 Å². The van der Waals surface area contributed by atoms with Gasteiger partial charge in [-0.05, 0) is 86.7 Å². The van der Waals surface area contributed by atoms with Crippen LogP contribution in [0.2, 0.25) is 0 Å². The van der Waals surface area contributed by atoms with Crippen LogP contribution in [0, 0.1) is 28.6 Å². The van der Waals surface area contributed by atoms with E-state index in [1.807, 2.05) is 34.6 Å². The maximum absolute atomic E-state index is 12.5. The van der Waals surface area contributed by atoms with E-state index in [0.29, 0.717) is 35.2 Å². The molecule has 3 saturated carbocycles. The van der Waals surface area contributed by atoms with Gasteiger partial charge in [0.2, 0.25) is 5.91 Å². The van der Waals surface area contributed by atoms with Crippen LogP contribution >= 0.6 is 0 Å². The zero-order valence-electron chi connectivity index (χ0n) is 24.4. The van der Waals surface area contributed by atoms with Crippen LogP contribution < -0.4 is 5.32 Å². The monoisotopic (exact) mass is 515 g/mol. The number of aliphatic hydroxyl groups excluding tert-OH is 2. The summed E-state index contributed by atoms with van der Waals surface area (Å²) in [7, 11) is 0. The Morgan fingerprint density at radius 1 is 1.19 bits per heavy atom. The number of carbonyl (C=O) groups excluding carboxylic acids is 1. The van der Waals surface area contributed by atoms with Crippen molar-refractivity contribution in [1.29, 1.82) is 0 Å². The predicted molar refractivity (Wildman–Crippen MR) is 151 cm³/mol. The molecule has 3 aliphatic carbocycles. The highest BCUT2D eigenvalue weighted by Gasteiger charge is 2.50. The second kappa shape index (κ2) is 11.4. The average Bonchev–Trinajstić information content (AvgIpc) is 3.14. The summed E-state index contributed by atoms with van der Waals surface area (Å²) in [5.41, 5.74) is 2.08. The Balaban J connectivity index is 1.70. The molecule has 0 aromatic heterocycles. The second-order valence-electron chi connectivity index (χ2n) is 14.2. The second-order valence-corrected chi connectivity index (χ2v) is 14.2. The third-order valence-electron chi connectivity index (χ3n) is 9.60. The number of nitrogens with one attached hydrogen (secondary N) is 1. The van der Waals surface area contributed by atoms with Crippen LogP contribution in [-0.2, 0) is 4.79 Å². The van der Waals surface area contributed by atoms with Gasteiger partial charge in [-0.25, -0.2) is 0 Å². The van der Waals surface area contributed by atoms with Crippen LogP contribution in [0.15, 0.2) is 35.5 Å². The first-order valence-corrected chi connectivity index (χ1v) is 14.5. The van der Waals surface area contributed by atoms with E-state index in [1.54, 1.807) is 0 Å². The first kappa shape index (κ1) is 30.1. The molecular formula is C32H53NO4. The first-order chi connectivity index (χ1) is 17.0. The number of fused-ring (bicyclic) bond motifs is 1. The van der Waals surface area contributed by atoms with Gasteiger partial charge >= 0.3 is 0 Å². The summed E-state index contributed by atoms with van der Waals surface area (Å²) in [5, 5.41) is 34.6. The van der Waals surface area contributed by atoms with Gasteiger partial charge in [0.05, 0.1) is 17.7 Å². The van der Waals surface area contributed by atoms with Crippen LogP contribution in [0.3, 0.4) is 0 Å². The first-order valence-electron chi connectivity index (χ1n) is 14.5. The summed E-state index contributed by atoms with van der Waals surface area (Å²) in [6.45, 7) is 18.3. The van der Waals surface area contributed by atoms with Crippen LogP contribution in [-0.4, -0.2) is 45.1 Å². The SMILES string of the molecule is C=C1/C(=C\C=C2/CCC[C@]3(C)[C@@H]([C@H](C)CCCC(C)(C)O)CC[C@@H]23)C[C@@H](O)[C@H](NC(=O)C(C)(C)C)[C@@H]1O. The summed E-state index contributed by atoms with van der Waals surface area (Å²) in [6.07, 6.45) is 12.0. The summed E-state index contributed by atoms with van der Waals surface area (Å²) in [6, 6.07) is -0.740. The number of allylic oxidation sites excluding steroid dienone is 3. The lowest BCUT2D eigenvalue weighted by Crippen LogP contribution is -2.56. The Morgan fingerprint density at radius 2 is 1.86 bits per heavy atom. The van der Waals surface area contributed by atoms with E-state index in [4.69, 9.17) is 0 Å². The lowest BCUT2D eigenvalue weighted by atomic mass is 9.60. The Morgan fingerprint density at radius 3 is 2.49 bits per heavy atom. The summed E-state index contributed by atoms with van der Waals surface area (Å²) < 4.78 is 0. The molecule has 3 rings (SSSR count). The molecule has 0 radical (unpaired) electrons. The highest BCUT2D eigenvalue weighted by molar-refractivity contribution is 5.81. The van der Waals surface area contributed by atoms with Gasteiger partial charge in [-0.1, -0.05) is 71.8 Å². The van der Waals surface area contributed by atoms with Gasteiger partial charge < -0.3 is 20.6 Å². The van der Waals surface area contributed by atoms with Crippen LogP contribution in [0.5, 0.6) is 0 Å². The summed E-state index contributed by atoms with van der Waals surface area (Å²) in [5.74, 6) is 1.74. The molecule has 3 fully saturated rings. The van der Waals surface area contributed by atoms with Crippen molar-refractivity contribution < 1.29 is 20.1 Å². The highest BCUT2D eigenvalue weighted by atomic mass is 16.3. The maximum Gasteiger partial charge on any atom is 0.225 e. The molecule has 210 valence electrons. The van der Waals surface area contributed by atoms with Gasteiger partial charge in [0.25, 0.3) is 0 Å². The lowest BCUT2D eigenvalue weighted by Gasteiger charge is -2.44. The minimum atomic E-state index is -1.00. The minimum absolute atomic E-state index is 0.190. The number of carbonyl (C=O) groups is 1. The molecule has 0 bridgehead atoms. The van der Waals surface area contributed by atoms with E-state index >= 15 is 0 Å². The molecule has 0 aromatic carbocycles. The van der Waals surface area contributed by atoms with Crippen molar-refractivity contribution in [3.05, 3.63) is 35.5 Å². The molecule has 0 heterocycles. The maximum atomic E-state index is 12.5. The molecule has 0 unspecified atom stereocenters. The van der Waals surface area contributed by atoms with E-state index < -0.39 is 29.3 Å². The summed E-state index contributed by atoms with van der Waals surface area (Å²) >= 11 is 0. The van der Waals surface area contributed by atoms with Crippen molar-refractivity contribution in [2.45, 2.75) is 130 Å². The molecule has 0 aromatic rings. The van der Waals surface area contributed by atoms with E-state index in [-0.39, 0.29) is 5.91 Å². The molecule has 7 atom stereocenters. The smallest absolute Gasteiger partial charge is 0.225 e. The molecule has 4 N–H and O–H groups in total. The molecule has 5 heteroatoms. The van der Waals surface area contributed by atoms with Crippen molar-refractivity contribution in [2.75, 3.05) is 0 Å². The minimum Gasteiger partial charge on any atom is -0.391 e. The van der Waals surface area contributed by atoms with Crippen molar-refractivity contribution in [3.63, 3.8) is 0 Å². The van der Waals surface area contributed by atoms with Crippen molar-refractivity contribution in [1.82, 2.24) is 5.32 Å². The van der Waals surface area contributed by atoms with Gasteiger partial charge in [0, 0.05) is 11.8 Å². The molecule has 0 spiro atoms. The van der Waals surface area contributed by atoms with Gasteiger partial charge in [-0.2, -0.15) is 0 Å². The van der Waals surface area contributed by atoms with Crippen molar-refractivity contribution in [3.8, 4) is 0 Å². The predicted octanol–water partition coefficient (Wildman–Crippen LogP) is 5.85. The Labute approximate surface area is 225 Å². The van der Waals surface area contributed by atoms with E-state index in [9.17, 15) is 20.1 Å². The molecule has 37 heavy (non-hydrogen) atoms. The topological polar surface area (TPSA) is 89.8 Å². The van der Waals surface area contributed by atoms with Gasteiger partial charge in [0.1, 0.15) is 6.10 Å². The van der Waals surface area contributed by atoms with Crippen LogP contribution in [0.25, 0.3) is 0 Å². The molecule has 5 nitrogen and oxygen atoms in total. The molecule has 1 amide bonds. The zero-order valence-corrected chi connectivity index (χ0v) is 24.4. The van der Waals surface area contributed by atoms with Gasteiger partial charge in [0.15, 0.2) is 0 Å². The van der Waals surface area contributed by atoms with Gasteiger partial charge in [-0.3, -0.25) is 4.79 Å². The largest absolute Gasteiger partial charge is 0.391 e. The van der Waals surface area contributed by atoms with Crippen molar-refractivity contribution in [2.24, 2.45) is 28.6 Å². The fourth-order valence-corrected chi connectivity index (χ4v) is 7.30. The number of aliphatic hydroxyl groups is 3. The Kier molecular flexibility index (Phi) is 9.24. The zero-order chi connectivity index (χ0) is 27.8. The standard InChI is InChI=1S/C32H53NO4/c1-20(11-9-17-31(6,7)37)24-15-16-25-22(12-10-18-32(24,25)8)13-14-23-19-26(34)27(28(35)21(23)2)33-29(36)30(3,4)5/h13-14,20,24-28,34-35,37H,2,9-12,15-19H2,1,3-8H3,(H,33,36)/b22-13+,23-14-/t20-,24-,25+,26-,27+,28-,32-/m1/s1. The Bertz CT molecular complexity index is 905. The van der Waals surface area contributed by atoms with E-state index in [1.165, 1.54) is 37.7 Å². The summed E-state index contributed by atoms with van der Waals surface area (Å²) in [4.78, 5) is 12.5. The lowest BCUT2D eigenvalue weighted by molar-refractivity contribution is -0.131. The normalized spacial score (nSPS) is 36.1. The number of hydrogen-bond donors (Lipinski definition) is 4. The quantitative estimate of drug-likeness (QED) is 0.343. The third kappa shape index (κ3) is 6.96. The molecule has 3 aliphatic rings. The van der Waals surface area contributed by atoms with Crippen LogP contribution in [0.4, 0.5) is 0 Å². The fraction of sp³-hybridized carbons (Fsp3) is 0.781. The fourth-order valence-electron chi connectivity index (χ4n) is 7.30. The average molecular weight is 516 g/mol. The number of hydrogen-bond acceptors (Lipinski definition) is 4. The Hall–Kier alpha value is -1.43. The number of amides is 1. The molecule has 0 aliphatic heterocycles. The third-order valence-corrected chi connectivity index (χ3v) is 9.60. The van der Waals surface area contributed by atoms with Gasteiger partial charge in [-0.15, -0.1) is 0 Å². The molecular weight excluding hydrogens is 462 g/mol.